The molecule has 0 heterocycles. The van der Waals surface area contributed by atoms with Gasteiger partial charge in [0.05, 0.1) is 18.5 Å². The maximum atomic E-state index is 12.1. The van der Waals surface area contributed by atoms with E-state index in [1.807, 2.05) is 50.2 Å². The van der Waals surface area contributed by atoms with Gasteiger partial charge in [0.15, 0.2) is 0 Å². The first-order valence-corrected chi connectivity index (χ1v) is 11.1. The summed E-state index contributed by atoms with van der Waals surface area (Å²) >= 11 is 0. The van der Waals surface area contributed by atoms with Gasteiger partial charge in [0.1, 0.15) is 12.4 Å². The summed E-state index contributed by atoms with van der Waals surface area (Å²) in [6.07, 6.45) is 1.87. The Morgan fingerprint density at radius 2 is 1.86 bits per heavy atom. The van der Waals surface area contributed by atoms with Crippen molar-refractivity contribution in [1.29, 1.82) is 0 Å². The molecule has 0 saturated heterocycles. The molecule has 2 rings (SSSR count). The van der Waals surface area contributed by atoms with Crippen molar-refractivity contribution in [3.05, 3.63) is 59.7 Å². The minimum atomic E-state index is -3.41. The number of ether oxygens (including phenoxy) is 1. The Hall–Kier alpha value is -2.54. The fourth-order valence-electron chi connectivity index (χ4n) is 2.84. The molecule has 0 radical (unpaired) electrons. The quantitative estimate of drug-likeness (QED) is 0.618. The van der Waals surface area contributed by atoms with E-state index in [1.54, 1.807) is 12.1 Å². The van der Waals surface area contributed by atoms with Crippen LogP contribution in [-0.4, -0.2) is 40.3 Å². The summed E-state index contributed by atoms with van der Waals surface area (Å²) in [6, 6.07) is 15.0. The van der Waals surface area contributed by atoms with Crippen molar-refractivity contribution >= 4 is 21.6 Å². The number of para-hydroxylation sites is 1. The Labute approximate surface area is 167 Å². The van der Waals surface area contributed by atoms with Crippen LogP contribution in [0.5, 0.6) is 5.75 Å². The van der Waals surface area contributed by atoms with E-state index in [2.05, 4.69) is 5.32 Å². The van der Waals surface area contributed by atoms with Crippen LogP contribution in [0.3, 0.4) is 0 Å². The zero-order chi connectivity index (χ0) is 20.6. The van der Waals surface area contributed by atoms with Crippen LogP contribution in [-0.2, 0) is 14.8 Å². The van der Waals surface area contributed by atoms with Crippen LogP contribution in [0.4, 0.5) is 5.69 Å². The number of nitrogens with zero attached hydrogens (tertiary/aromatic N) is 1. The van der Waals surface area contributed by atoms with E-state index >= 15 is 0 Å². The Morgan fingerprint density at radius 3 is 2.54 bits per heavy atom. The lowest BCUT2D eigenvalue weighted by molar-refractivity contribution is -0.121. The highest BCUT2D eigenvalue weighted by molar-refractivity contribution is 7.92. The Balaban J connectivity index is 1.76. The third kappa shape index (κ3) is 6.88. The molecule has 0 spiro atoms. The molecule has 0 aromatic heterocycles. The number of rotatable bonds is 10. The number of anilines is 1. The Morgan fingerprint density at radius 1 is 1.11 bits per heavy atom. The zero-order valence-electron chi connectivity index (χ0n) is 16.6. The summed E-state index contributed by atoms with van der Waals surface area (Å²) in [5.74, 6) is 0.655. The van der Waals surface area contributed by atoms with Gasteiger partial charge in [-0.05, 0) is 49.6 Å². The molecule has 6 nitrogen and oxygen atoms in total. The minimum absolute atomic E-state index is 0.119. The average molecular weight is 405 g/mol. The number of hydrogen-bond acceptors (Lipinski definition) is 4. The van der Waals surface area contributed by atoms with Gasteiger partial charge in [-0.2, -0.15) is 0 Å². The van der Waals surface area contributed by atoms with E-state index in [9.17, 15) is 13.2 Å². The van der Waals surface area contributed by atoms with Gasteiger partial charge in [0.25, 0.3) is 0 Å². The Kier molecular flexibility index (Phi) is 7.87. The summed E-state index contributed by atoms with van der Waals surface area (Å²) in [7, 11) is -3.41. The molecule has 0 saturated carbocycles. The summed E-state index contributed by atoms with van der Waals surface area (Å²) in [6.45, 7) is 4.91. The number of aryl methyl sites for hydroxylation is 2. The van der Waals surface area contributed by atoms with Crippen molar-refractivity contribution in [2.75, 3.05) is 30.3 Å². The lowest BCUT2D eigenvalue weighted by atomic mass is 10.2. The van der Waals surface area contributed by atoms with E-state index in [-0.39, 0.29) is 18.9 Å². The second-order valence-corrected chi connectivity index (χ2v) is 8.65. The molecule has 2 aromatic rings. The first kappa shape index (κ1) is 21.8. The summed E-state index contributed by atoms with van der Waals surface area (Å²) in [5, 5.41) is 2.80. The molecule has 0 aliphatic carbocycles. The van der Waals surface area contributed by atoms with E-state index in [0.717, 1.165) is 16.9 Å². The highest BCUT2D eigenvalue weighted by Crippen LogP contribution is 2.22. The van der Waals surface area contributed by atoms with Crippen molar-refractivity contribution in [2.24, 2.45) is 0 Å². The largest absolute Gasteiger partial charge is 0.492 e. The molecular weight excluding hydrogens is 376 g/mol. The van der Waals surface area contributed by atoms with Crippen molar-refractivity contribution in [3.63, 3.8) is 0 Å². The molecule has 28 heavy (non-hydrogen) atoms. The molecule has 0 atom stereocenters. The molecule has 2 aromatic carbocycles. The van der Waals surface area contributed by atoms with Crippen LogP contribution in [0.25, 0.3) is 0 Å². The Bertz CT molecular complexity index is 897. The molecule has 0 aliphatic heterocycles. The molecule has 0 bridgehead atoms. The van der Waals surface area contributed by atoms with Gasteiger partial charge >= 0.3 is 0 Å². The fraction of sp³-hybridized carbons (Fsp3) is 0.381. The number of benzene rings is 2. The molecule has 1 amide bonds. The zero-order valence-corrected chi connectivity index (χ0v) is 17.5. The average Bonchev–Trinajstić information content (AvgIpc) is 2.62. The van der Waals surface area contributed by atoms with Crippen LogP contribution >= 0.6 is 0 Å². The van der Waals surface area contributed by atoms with Crippen LogP contribution in [0.1, 0.15) is 24.0 Å². The van der Waals surface area contributed by atoms with Crippen LogP contribution in [0.15, 0.2) is 48.5 Å². The number of hydrogen-bond donors (Lipinski definition) is 1. The lowest BCUT2D eigenvalue weighted by Crippen LogP contribution is -2.33. The number of carbonyl (C=O) groups excluding carboxylic acids is 1. The predicted molar refractivity (Wildman–Crippen MR) is 112 cm³/mol. The summed E-state index contributed by atoms with van der Waals surface area (Å²) in [5.41, 5.74) is 2.65. The van der Waals surface area contributed by atoms with Gasteiger partial charge in [0, 0.05) is 13.0 Å². The molecular formula is C21H28N2O4S. The molecule has 1 N–H and O–H groups in total. The summed E-state index contributed by atoms with van der Waals surface area (Å²) in [4.78, 5) is 12.0. The van der Waals surface area contributed by atoms with Gasteiger partial charge in [-0.15, -0.1) is 0 Å². The van der Waals surface area contributed by atoms with Gasteiger partial charge in [-0.25, -0.2) is 8.42 Å². The van der Waals surface area contributed by atoms with Gasteiger partial charge in [-0.1, -0.05) is 30.3 Å². The maximum Gasteiger partial charge on any atom is 0.232 e. The normalized spacial score (nSPS) is 11.1. The fourth-order valence-corrected chi connectivity index (χ4v) is 3.87. The van der Waals surface area contributed by atoms with E-state index < -0.39 is 10.0 Å². The van der Waals surface area contributed by atoms with E-state index in [0.29, 0.717) is 25.3 Å². The van der Waals surface area contributed by atoms with Crippen LogP contribution in [0, 0.1) is 13.8 Å². The molecule has 0 unspecified atom stereocenters. The smallest absolute Gasteiger partial charge is 0.232 e. The highest BCUT2D eigenvalue weighted by atomic mass is 32.2. The number of sulfonamides is 1. The third-order valence-corrected chi connectivity index (χ3v) is 5.41. The highest BCUT2D eigenvalue weighted by Gasteiger charge is 2.18. The number of amides is 1. The van der Waals surface area contributed by atoms with Crippen molar-refractivity contribution in [2.45, 2.75) is 26.7 Å². The number of carbonyl (C=O) groups is 1. The lowest BCUT2D eigenvalue weighted by Gasteiger charge is -2.24. The topological polar surface area (TPSA) is 75.7 Å². The predicted octanol–water partition coefficient (Wildman–Crippen LogP) is 3.04. The molecule has 7 heteroatoms. The SMILES string of the molecule is Cc1cccc(OCCNC(=O)CCCN(c2ccccc2C)S(C)(=O)=O)c1. The van der Waals surface area contributed by atoms with Crippen molar-refractivity contribution in [3.8, 4) is 5.75 Å². The van der Waals surface area contributed by atoms with Gasteiger partial charge in [-0.3, -0.25) is 9.10 Å². The van der Waals surface area contributed by atoms with Gasteiger partial charge in [0.2, 0.25) is 15.9 Å². The second-order valence-electron chi connectivity index (χ2n) is 6.74. The third-order valence-electron chi connectivity index (χ3n) is 4.23. The van der Waals surface area contributed by atoms with Crippen LogP contribution < -0.4 is 14.4 Å². The van der Waals surface area contributed by atoms with Gasteiger partial charge < -0.3 is 10.1 Å². The second kappa shape index (κ2) is 10.1. The molecule has 0 fully saturated rings. The molecule has 0 aliphatic rings. The summed E-state index contributed by atoms with van der Waals surface area (Å²) < 4.78 is 31.2. The standard InChI is InChI=1S/C21H28N2O4S/c1-17-8-6-10-19(16-17)27-15-13-22-21(24)12-7-14-23(28(3,25)26)20-11-5-4-9-18(20)2/h4-6,8-11,16H,7,12-15H2,1-3H3,(H,22,24). The first-order chi connectivity index (χ1) is 13.3. The minimum Gasteiger partial charge on any atom is -0.492 e. The van der Waals surface area contributed by atoms with E-state index in [1.165, 1.54) is 10.6 Å². The monoisotopic (exact) mass is 404 g/mol. The van der Waals surface area contributed by atoms with E-state index in [4.69, 9.17) is 4.74 Å². The maximum absolute atomic E-state index is 12.1. The van der Waals surface area contributed by atoms with Crippen molar-refractivity contribution < 1.29 is 17.9 Å². The first-order valence-electron chi connectivity index (χ1n) is 9.27. The molecule has 152 valence electrons. The van der Waals surface area contributed by atoms with Crippen LogP contribution in [0.2, 0.25) is 0 Å². The number of nitrogens with one attached hydrogen (secondary N) is 1. The van der Waals surface area contributed by atoms with Crippen molar-refractivity contribution in [1.82, 2.24) is 5.32 Å².